The minimum atomic E-state index is -0.431. The van der Waals surface area contributed by atoms with Gasteiger partial charge < -0.3 is 9.47 Å². The lowest BCUT2D eigenvalue weighted by molar-refractivity contribution is -0.121. The lowest BCUT2D eigenvalue weighted by atomic mass is 10.1. The summed E-state index contributed by atoms with van der Waals surface area (Å²) in [5, 5.41) is 4.58. The summed E-state index contributed by atoms with van der Waals surface area (Å²) >= 11 is 0. The quantitative estimate of drug-likeness (QED) is 0.595. The minimum Gasteiger partial charge on any atom is -0.493 e. The van der Waals surface area contributed by atoms with E-state index in [-0.39, 0.29) is 18.4 Å². The summed E-state index contributed by atoms with van der Waals surface area (Å²) in [7, 11) is 1.51. The van der Waals surface area contributed by atoms with E-state index in [0.717, 1.165) is 23.5 Å². The van der Waals surface area contributed by atoms with E-state index < -0.39 is 5.91 Å². The second-order valence-corrected chi connectivity index (χ2v) is 8.26. The third kappa shape index (κ3) is 6.73. The molecule has 2 rings (SSSR count). The summed E-state index contributed by atoms with van der Waals surface area (Å²) in [6, 6.07) is 4.88. The molecule has 8 heteroatoms. The van der Waals surface area contributed by atoms with E-state index in [1.54, 1.807) is 18.2 Å². The van der Waals surface area contributed by atoms with Crippen LogP contribution in [-0.4, -0.2) is 34.8 Å². The maximum atomic E-state index is 12.4. The highest BCUT2D eigenvalue weighted by Gasteiger charge is 2.15. The van der Waals surface area contributed by atoms with Crippen LogP contribution in [0.2, 0.25) is 0 Å². The summed E-state index contributed by atoms with van der Waals surface area (Å²) in [5.74, 6) is 0.809. The Labute approximate surface area is 184 Å². The summed E-state index contributed by atoms with van der Waals surface area (Å²) in [6.07, 6.45) is 0.796. The normalized spacial score (nSPS) is 11.0. The van der Waals surface area contributed by atoms with Gasteiger partial charge in [0.05, 0.1) is 18.9 Å². The summed E-state index contributed by atoms with van der Waals surface area (Å²) in [5.41, 5.74) is 8.38. The van der Waals surface area contributed by atoms with E-state index in [4.69, 9.17) is 9.47 Å². The average Bonchev–Trinajstić information content (AvgIpc) is 2.96. The molecule has 0 aliphatic carbocycles. The average molecular weight is 431 g/mol. The lowest BCUT2D eigenvalue weighted by Crippen LogP contribution is -2.41. The van der Waals surface area contributed by atoms with Crippen LogP contribution in [0.4, 0.5) is 0 Å². The van der Waals surface area contributed by atoms with Crippen molar-refractivity contribution in [2.24, 2.45) is 5.92 Å². The van der Waals surface area contributed by atoms with Crippen LogP contribution in [0.25, 0.3) is 0 Å². The van der Waals surface area contributed by atoms with Crippen molar-refractivity contribution < 1.29 is 19.1 Å². The van der Waals surface area contributed by atoms with Crippen molar-refractivity contribution in [2.75, 3.05) is 7.11 Å². The molecule has 2 aromatic rings. The maximum absolute atomic E-state index is 12.4. The number of aromatic nitrogens is 2. The summed E-state index contributed by atoms with van der Waals surface area (Å²) in [6.45, 7) is 12.9. The van der Waals surface area contributed by atoms with Crippen LogP contribution < -0.4 is 20.3 Å². The van der Waals surface area contributed by atoms with Crippen molar-refractivity contribution in [1.29, 1.82) is 0 Å². The molecule has 8 nitrogen and oxygen atoms in total. The maximum Gasteiger partial charge on any atom is 0.269 e. The van der Waals surface area contributed by atoms with Gasteiger partial charge in [0, 0.05) is 24.2 Å². The number of methoxy groups -OCH3 is 1. The van der Waals surface area contributed by atoms with Crippen LogP contribution in [-0.2, 0) is 17.8 Å². The van der Waals surface area contributed by atoms with Crippen LogP contribution in [0.15, 0.2) is 18.2 Å². The molecule has 170 valence electrons. The first-order valence-electron chi connectivity index (χ1n) is 10.6. The van der Waals surface area contributed by atoms with Crippen LogP contribution in [0.3, 0.4) is 0 Å². The molecule has 0 spiro atoms. The van der Waals surface area contributed by atoms with Crippen molar-refractivity contribution in [1.82, 2.24) is 20.6 Å². The molecule has 2 N–H and O–H groups in total. The molecule has 0 aliphatic rings. The number of carbonyl (C=O) groups is 2. The molecule has 0 unspecified atom stereocenters. The van der Waals surface area contributed by atoms with E-state index in [1.807, 2.05) is 32.4 Å². The Morgan fingerprint density at radius 2 is 1.81 bits per heavy atom. The molecule has 1 aromatic carbocycles. The fourth-order valence-corrected chi connectivity index (χ4v) is 3.28. The van der Waals surface area contributed by atoms with Crippen molar-refractivity contribution in [2.45, 2.75) is 67.0 Å². The van der Waals surface area contributed by atoms with E-state index in [2.05, 4.69) is 29.8 Å². The van der Waals surface area contributed by atoms with Gasteiger partial charge in [0.25, 0.3) is 5.91 Å². The van der Waals surface area contributed by atoms with Gasteiger partial charge in [0.2, 0.25) is 5.91 Å². The number of amides is 2. The van der Waals surface area contributed by atoms with Crippen LogP contribution in [0.5, 0.6) is 11.5 Å². The standard InChI is InChI=1S/C23H34N4O4/c1-14(2)13-27-17(6)19(16(5)26-27)9-11-22(28)24-25-23(29)18-8-10-20(31-15(3)4)21(12-18)30-7/h8,10,12,14-15H,9,11,13H2,1-7H3,(H,24,28)(H,25,29). The Morgan fingerprint density at radius 1 is 1.10 bits per heavy atom. The highest BCUT2D eigenvalue weighted by atomic mass is 16.5. The van der Waals surface area contributed by atoms with E-state index in [1.165, 1.54) is 7.11 Å². The SMILES string of the molecule is COc1cc(C(=O)NNC(=O)CCc2c(C)nn(CC(C)C)c2C)ccc1OC(C)C. The van der Waals surface area contributed by atoms with Crippen molar-refractivity contribution in [3.8, 4) is 11.5 Å². The topological polar surface area (TPSA) is 94.5 Å². The zero-order valence-electron chi connectivity index (χ0n) is 19.5. The Kier molecular flexibility index (Phi) is 8.47. The summed E-state index contributed by atoms with van der Waals surface area (Å²) < 4.78 is 12.9. The fourth-order valence-electron chi connectivity index (χ4n) is 3.28. The Morgan fingerprint density at radius 3 is 2.42 bits per heavy atom. The molecule has 0 aliphatic heterocycles. The number of nitrogens with one attached hydrogen (secondary N) is 2. The largest absolute Gasteiger partial charge is 0.493 e. The molecule has 0 atom stereocenters. The zero-order valence-corrected chi connectivity index (χ0v) is 19.5. The van der Waals surface area contributed by atoms with Gasteiger partial charge in [-0.15, -0.1) is 0 Å². The second kappa shape index (κ2) is 10.8. The van der Waals surface area contributed by atoms with Crippen LogP contribution >= 0.6 is 0 Å². The molecule has 0 bridgehead atoms. The van der Waals surface area contributed by atoms with Gasteiger partial charge >= 0.3 is 0 Å². The number of hydrogen-bond donors (Lipinski definition) is 2. The number of rotatable bonds is 9. The molecule has 0 fully saturated rings. The fraction of sp³-hybridized carbons (Fsp3) is 0.522. The second-order valence-electron chi connectivity index (χ2n) is 8.26. The number of hydrazine groups is 1. The molecule has 1 aromatic heterocycles. The monoisotopic (exact) mass is 430 g/mol. The molecule has 1 heterocycles. The van der Waals surface area contributed by atoms with Gasteiger partial charge in [0.15, 0.2) is 11.5 Å². The number of nitrogens with zero attached hydrogens (tertiary/aromatic N) is 2. The van der Waals surface area contributed by atoms with Crippen LogP contribution in [0, 0.1) is 19.8 Å². The first-order chi connectivity index (χ1) is 14.6. The first kappa shape index (κ1) is 24.2. The van der Waals surface area contributed by atoms with E-state index >= 15 is 0 Å². The third-order valence-corrected chi connectivity index (χ3v) is 4.78. The molecule has 0 saturated carbocycles. The molecular formula is C23H34N4O4. The molecule has 31 heavy (non-hydrogen) atoms. The minimum absolute atomic E-state index is 0.0161. The zero-order chi connectivity index (χ0) is 23.1. The van der Waals surface area contributed by atoms with E-state index in [0.29, 0.717) is 29.4 Å². The predicted molar refractivity (Wildman–Crippen MR) is 119 cm³/mol. The van der Waals surface area contributed by atoms with Gasteiger partial charge in [-0.05, 0) is 63.8 Å². The van der Waals surface area contributed by atoms with Crippen molar-refractivity contribution in [3.63, 3.8) is 0 Å². The van der Waals surface area contributed by atoms with Crippen LogP contribution in [0.1, 0.15) is 61.4 Å². The Bertz CT molecular complexity index is 919. The number of hydrogen-bond acceptors (Lipinski definition) is 5. The van der Waals surface area contributed by atoms with Crippen molar-refractivity contribution >= 4 is 11.8 Å². The number of aryl methyl sites for hydroxylation is 1. The van der Waals surface area contributed by atoms with Gasteiger partial charge in [0.1, 0.15) is 0 Å². The number of benzene rings is 1. The molecule has 0 saturated heterocycles. The van der Waals surface area contributed by atoms with Gasteiger partial charge in [-0.3, -0.25) is 25.1 Å². The first-order valence-corrected chi connectivity index (χ1v) is 10.6. The Balaban J connectivity index is 1.92. The van der Waals surface area contributed by atoms with Gasteiger partial charge in [-0.1, -0.05) is 13.8 Å². The van der Waals surface area contributed by atoms with Crippen molar-refractivity contribution in [3.05, 3.63) is 40.7 Å². The lowest BCUT2D eigenvalue weighted by Gasteiger charge is -2.14. The highest BCUT2D eigenvalue weighted by Crippen LogP contribution is 2.28. The summed E-state index contributed by atoms with van der Waals surface area (Å²) in [4.78, 5) is 24.7. The number of ether oxygens (including phenoxy) is 2. The molecular weight excluding hydrogens is 396 g/mol. The highest BCUT2D eigenvalue weighted by molar-refractivity contribution is 5.96. The van der Waals surface area contributed by atoms with Gasteiger partial charge in [-0.25, -0.2) is 0 Å². The molecule has 0 radical (unpaired) electrons. The smallest absolute Gasteiger partial charge is 0.269 e. The molecule has 2 amide bonds. The third-order valence-electron chi connectivity index (χ3n) is 4.78. The Hall–Kier alpha value is -3.03. The predicted octanol–water partition coefficient (Wildman–Crippen LogP) is 3.35. The van der Waals surface area contributed by atoms with Gasteiger partial charge in [-0.2, -0.15) is 5.10 Å². The van der Waals surface area contributed by atoms with E-state index in [9.17, 15) is 9.59 Å². The number of carbonyl (C=O) groups excluding carboxylic acids is 2.